The normalized spacial score (nSPS) is 12.4. The van der Waals surface area contributed by atoms with Crippen LogP contribution >= 0.6 is 50.8 Å². The molecule has 2 heterocycles. The number of nitrogens with two attached hydrogens (primary N) is 1. The lowest BCUT2D eigenvalue weighted by molar-refractivity contribution is -0.146. The van der Waals surface area contributed by atoms with E-state index in [0.717, 1.165) is 12.2 Å². The van der Waals surface area contributed by atoms with Gasteiger partial charge in [0, 0.05) is 11.9 Å². The highest BCUT2D eigenvalue weighted by molar-refractivity contribution is 9.10. The number of amidine groups is 1. The minimum Gasteiger partial charge on any atom is -0.380 e. The fourth-order valence-electron chi connectivity index (χ4n) is 2.11. The fraction of sp³-hybridized carbons (Fsp3) is 0.389. The molecule has 0 aliphatic rings. The molecule has 0 aromatic carbocycles. The molecule has 2 rings (SSSR count). The van der Waals surface area contributed by atoms with Crippen LogP contribution in [0.5, 0.6) is 0 Å². The van der Waals surface area contributed by atoms with Crippen molar-refractivity contribution in [3.05, 3.63) is 38.8 Å². The zero-order valence-electron chi connectivity index (χ0n) is 16.5. The molecule has 1 amide bonds. The van der Waals surface area contributed by atoms with Gasteiger partial charge in [0.15, 0.2) is 11.0 Å². The average Bonchev–Trinajstić information content (AvgIpc) is 3.29. The van der Waals surface area contributed by atoms with Gasteiger partial charge in [-0.2, -0.15) is 11.8 Å². The van der Waals surface area contributed by atoms with Crippen molar-refractivity contribution in [1.82, 2.24) is 15.3 Å². The Bertz CT molecular complexity index is 880. The summed E-state index contributed by atoms with van der Waals surface area (Å²) in [6, 6.07) is 2.70. The second-order valence-corrected chi connectivity index (χ2v) is 9.72. The number of carbonyl (C=O) groups is 2. The van der Waals surface area contributed by atoms with E-state index < -0.39 is 17.9 Å². The van der Waals surface area contributed by atoms with Crippen molar-refractivity contribution in [3.8, 4) is 0 Å². The van der Waals surface area contributed by atoms with E-state index >= 15 is 0 Å². The lowest BCUT2D eigenvalue weighted by atomic mass is 10.2. The number of nitrogens with one attached hydrogen (secondary N) is 1. The van der Waals surface area contributed by atoms with Gasteiger partial charge in [0.05, 0.1) is 9.35 Å². The number of amides is 1. The van der Waals surface area contributed by atoms with Crippen LogP contribution in [0.4, 0.5) is 0 Å². The molecule has 0 bridgehead atoms. The van der Waals surface area contributed by atoms with Gasteiger partial charge >= 0.3 is 5.97 Å². The third-order valence-electron chi connectivity index (χ3n) is 3.58. The predicted octanol–water partition coefficient (Wildman–Crippen LogP) is 3.52. The van der Waals surface area contributed by atoms with Gasteiger partial charge < -0.3 is 15.9 Å². The van der Waals surface area contributed by atoms with Gasteiger partial charge in [0.25, 0.3) is 5.91 Å². The van der Waals surface area contributed by atoms with Crippen molar-refractivity contribution in [2.75, 3.05) is 17.8 Å². The van der Waals surface area contributed by atoms with E-state index in [-0.39, 0.29) is 11.5 Å². The Kier molecular flexibility index (Phi) is 10.6. The van der Waals surface area contributed by atoms with E-state index in [1.807, 2.05) is 17.7 Å². The fourth-order valence-corrected chi connectivity index (χ4v) is 4.24. The van der Waals surface area contributed by atoms with Gasteiger partial charge in [-0.15, -0.1) is 11.3 Å². The second kappa shape index (κ2) is 12.9. The van der Waals surface area contributed by atoms with E-state index in [0.29, 0.717) is 26.7 Å². The number of thiophene rings is 1. The van der Waals surface area contributed by atoms with E-state index in [1.165, 1.54) is 29.3 Å². The Morgan fingerprint density at radius 3 is 2.90 bits per heavy atom. The van der Waals surface area contributed by atoms with Gasteiger partial charge in [0.1, 0.15) is 11.7 Å². The Balaban J connectivity index is 2.10. The molecule has 0 saturated heterocycles. The maximum absolute atomic E-state index is 12.8. The highest BCUT2D eigenvalue weighted by atomic mass is 79.9. The maximum Gasteiger partial charge on any atom is 0.357 e. The number of thioether (sulfide) groups is 2. The van der Waals surface area contributed by atoms with Crippen LogP contribution in [0.1, 0.15) is 35.1 Å². The minimum atomic E-state index is -0.890. The Morgan fingerprint density at radius 2 is 2.23 bits per heavy atom. The van der Waals surface area contributed by atoms with Crippen molar-refractivity contribution >= 4 is 68.5 Å². The van der Waals surface area contributed by atoms with Crippen LogP contribution in [0.25, 0.3) is 0 Å². The zero-order chi connectivity index (χ0) is 21.9. The molecule has 1 atom stereocenters. The third-order valence-corrected chi connectivity index (χ3v) is 6.76. The molecule has 8 nitrogen and oxygen atoms in total. The molecule has 0 aliphatic heterocycles. The van der Waals surface area contributed by atoms with Crippen LogP contribution < -0.4 is 11.1 Å². The number of rotatable bonds is 11. The molecule has 2 aromatic rings. The second-order valence-electron chi connectivity index (χ2n) is 5.87. The summed E-state index contributed by atoms with van der Waals surface area (Å²) in [4.78, 5) is 39.5. The molecule has 30 heavy (non-hydrogen) atoms. The Hall–Kier alpha value is -1.63. The first-order valence-corrected chi connectivity index (χ1v) is 13.0. The van der Waals surface area contributed by atoms with Gasteiger partial charge in [-0.3, -0.25) is 4.79 Å². The summed E-state index contributed by atoms with van der Waals surface area (Å²) in [6.45, 7) is 2.05. The molecule has 0 fully saturated rings. The summed E-state index contributed by atoms with van der Waals surface area (Å²) < 4.78 is 0.442. The van der Waals surface area contributed by atoms with Gasteiger partial charge in [-0.05, 0) is 52.2 Å². The monoisotopic (exact) mass is 531 g/mol. The highest BCUT2D eigenvalue weighted by Gasteiger charge is 2.25. The van der Waals surface area contributed by atoms with E-state index in [1.54, 1.807) is 17.8 Å². The molecular weight excluding hydrogens is 510 g/mol. The topological polar surface area (TPSA) is 120 Å². The van der Waals surface area contributed by atoms with E-state index in [9.17, 15) is 9.59 Å². The number of halogens is 1. The zero-order valence-corrected chi connectivity index (χ0v) is 20.5. The van der Waals surface area contributed by atoms with Crippen molar-refractivity contribution in [1.29, 1.82) is 0 Å². The van der Waals surface area contributed by atoms with Crippen LogP contribution in [0, 0.1) is 0 Å². The summed E-state index contributed by atoms with van der Waals surface area (Å²) in [7, 11) is 0. The van der Waals surface area contributed by atoms with E-state index in [4.69, 9.17) is 10.6 Å². The van der Waals surface area contributed by atoms with Crippen LogP contribution in [-0.4, -0.2) is 51.5 Å². The smallest absolute Gasteiger partial charge is 0.357 e. The van der Waals surface area contributed by atoms with Gasteiger partial charge in [-0.25, -0.2) is 14.8 Å². The van der Waals surface area contributed by atoms with Gasteiger partial charge in [0.2, 0.25) is 0 Å². The standard InChI is InChI=1S/C18H22BrN5O3S3/c1-3-7-30-18-21-10-11(19)14(23-18)16(25)22-12(6-9-28-2)17(26)27-24-15(20)13-5-4-8-29-13/h4-5,8,10,12H,3,6-7,9H2,1-2H3,(H2,20,24)(H,22,25)/t12-/m0/s1. The molecule has 0 aliphatic carbocycles. The lowest BCUT2D eigenvalue weighted by Gasteiger charge is -2.16. The summed E-state index contributed by atoms with van der Waals surface area (Å²) >= 11 is 7.69. The first-order chi connectivity index (χ1) is 14.5. The number of carbonyl (C=O) groups excluding carboxylic acids is 2. The number of aromatic nitrogens is 2. The molecular formula is C18H22BrN5O3S3. The summed E-state index contributed by atoms with van der Waals surface area (Å²) in [6.07, 6.45) is 4.78. The Labute approximate surface area is 196 Å². The Morgan fingerprint density at radius 1 is 1.43 bits per heavy atom. The van der Waals surface area contributed by atoms with Gasteiger partial charge in [-0.1, -0.05) is 29.9 Å². The third kappa shape index (κ3) is 7.56. The maximum atomic E-state index is 12.8. The highest BCUT2D eigenvalue weighted by Crippen LogP contribution is 2.19. The minimum absolute atomic E-state index is 0.101. The molecule has 2 aromatic heterocycles. The van der Waals surface area contributed by atoms with Crippen LogP contribution in [-0.2, 0) is 9.63 Å². The number of oxime groups is 1. The molecule has 0 spiro atoms. The molecule has 12 heteroatoms. The number of hydrogen-bond acceptors (Lipinski definition) is 9. The molecule has 0 radical (unpaired) electrons. The quantitative estimate of drug-likeness (QED) is 0.113. The summed E-state index contributed by atoms with van der Waals surface area (Å²) in [5.41, 5.74) is 5.98. The van der Waals surface area contributed by atoms with Crippen LogP contribution in [0.15, 0.2) is 38.5 Å². The number of nitrogens with zero attached hydrogens (tertiary/aromatic N) is 3. The first kappa shape index (κ1) is 24.6. The number of hydrogen-bond donors (Lipinski definition) is 2. The first-order valence-electron chi connectivity index (χ1n) is 8.99. The van der Waals surface area contributed by atoms with Crippen molar-refractivity contribution in [2.24, 2.45) is 10.9 Å². The SMILES string of the molecule is CCCSc1ncc(Br)c(C(=O)N[C@@H](CCSC)C(=O)O/N=C(/N)c2cccs2)n1. The molecule has 3 N–H and O–H groups in total. The summed E-state index contributed by atoms with van der Waals surface area (Å²) in [5, 5.41) is 8.73. The predicted molar refractivity (Wildman–Crippen MR) is 126 cm³/mol. The molecule has 0 saturated carbocycles. The van der Waals surface area contributed by atoms with Crippen molar-refractivity contribution in [2.45, 2.75) is 31.0 Å². The van der Waals surface area contributed by atoms with E-state index in [2.05, 4.69) is 43.3 Å². The van der Waals surface area contributed by atoms with Crippen molar-refractivity contribution in [3.63, 3.8) is 0 Å². The average molecular weight is 533 g/mol. The van der Waals surface area contributed by atoms with Crippen LogP contribution in [0.2, 0.25) is 0 Å². The lowest BCUT2D eigenvalue weighted by Crippen LogP contribution is -2.42. The van der Waals surface area contributed by atoms with Crippen LogP contribution in [0.3, 0.4) is 0 Å². The summed E-state index contributed by atoms with van der Waals surface area (Å²) in [5.74, 6) is 0.398. The molecule has 162 valence electrons. The largest absolute Gasteiger partial charge is 0.380 e. The molecule has 0 unspecified atom stereocenters. The van der Waals surface area contributed by atoms with Crippen molar-refractivity contribution < 1.29 is 14.4 Å².